The van der Waals surface area contributed by atoms with E-state index in [-0.39, 0.29) is 23.7 Å². The zero-order chi connectivity index (χ0) is 17.1. The number of nitro benzene ring substituents is 1. The average Bonchev–Trinajstić information content (AvgIpc) is 3.21. The van der Waals surface area contributed by atoms with Gasteiger partial charge in [-0.25, -0.2) is 0 Å². The molecule has 3 rings (SSSR count). The minimum absolute atomic E-state index is 0.0918. The van der Waals surface area contributed by atoms with Crippen LogP contribution in [0.5, 0.6) is 0 Å². The monoisotopic (exact) mass is 333 g/mol. The highest BCUT2D eigenvalue weighted by Gasteiger charge is 2.26. The summed E-state index contributed by atoms with van der Waals surface area (Å²) in [5, 5.41) is 27.1. The Kier molecular flexibility index (Phi) is 4.99. The lowest BCUT2D eigenvalue weighted by Crippen LogP contribution is -2.35. The van der Waals surface area contributed by atoms with E-state index >= 15 is 0 Å². The van der Waals surface area contributed by atoms with Crippen LogP contribution in [0.15, 0.2) is 18.2 Å². The van der Waals surface area contributed by atoms with Crippen molar-refractivity contribution in [2.24, 2.45) is 5.92 Å². The van der Waals surface area contributed by atoms with Gasteiger partial charge in [-0.1, -0.05) is 12.8 Å². The van der Waals surface area contributed by atoms with Crippen LogP contribution < -0.4 is 10.6 Å². The number of nitrogens with zero attached hydrogens (tertiary/aromatic N) is 1. The number of benzene rings is 1. The molecule has 0 heterocycles. The van der Waals surface area contributed by atoms with E-state index in [0.29, 0.717) is 11.7 Å². The third kappa shape index (κ3) is 4.03. The van der Waals surface area contributed by atoms with Gasteiger partial charge in [-0.15, -0.1) is 0 Å². The summed E-state index contributed by atoms with van der Waals surface area (Å²) in [7, 11) is 0. The molecule has 0 bridgehead atoms. The van der Waals surface area contributed by atoms with Gasteiger partial charge < -0.3 is 15.7 Å². The van der Waals surface area contributed by atoms with Crippen molar-refractivity contribution in [2.75, 3.05) is 11.9 Å². The number of nitro groups is 1. The van der Waals surface area contributed by atoms with Gasteiger partial charge in [0.2, 0.25) is 0 Å². The molecule has 0 spiro atoms. The third-order valence-electron chi connectivity index (χ3n) is 4.81. The average molecular weight is 333 g/mol. The van der Waals surface area contributed by atoms with Crippen molar-refractivity contribution in [1.82, 2.24) is 5.32 Å². The number of nitrogens with one attached hydrogen (secondary N) is 2. The van der Waals surface area contributed by atoms with Crippen LogP contribution in [0.1, 0.15) is 48.9 Å². The molecule has 3 N–H and O–H groups in total. The maximum Gasteiger partial charge on any atom is 0.293 e. The predicted octanol–water partition coefficient (Wildman–Crippen LogP) is 2.45. The number of carbonyl (C=O) groups excluding carboxylic acids is 1. The lowest BCUT2D eigenvalue weighted by Gasteiger charge is -2.18. The summed E-state index contributed by atoms with van der Waals surface area (Å²) in [4.78, 5) is 23.0. The largest absolute Gasteiger partial charge is 0.391 e. The summed E-state index contributed by atoms with van der Waals surface area (Å²) in [5.41, 5.74) is 0.595. The van der Waals surface area contributed by atoms with Crippen LogP contribution in [0.25, 0.3) is 0 Å². The molecule has 0 radical (unpaired) electrons. The summed E-state index contributed by atoms with van der Waals surface area (Å²) in [6, 6.07) is 4.75. The third-order valence-corrected chi connectivity index (χ3v) is 4.81. The van der Waals surface area contributed by atoms with Crippen LogP contribution >= 0.6 is 0 Å². The Labute approximate surface area is 140 Å². The molecule has 2 fully saturated rings. The van der Waals surface area contributed by atoms with Crippen molar-refractivity contribution in [1.29, 1.82) is 0 Å². The van der Waals surface area contributed by atoms with Crippen molar-refractivity contribution in [2.45, 2.75) is 50.7 Å². The van der Waals surface area contributed by atoms with Crippen molar-refractivity contribution in [3.8, 4) is 0 Å². The molecule has 0 aromatic heterocycles. The summed E-state index contributed by atoms with van der Waals surface area (Å²) < 4.78 is 0. The fraction of sp³-hybridized carbons (Fsp3) is 0.588. The highest BCUT2D eigenvalue weighted by atomic mass is 16.6. The number of hydrogen-bond donors (Lipinski definition) is 3. The van der Waals surface area contributed by atoms with Gasteiger partial charge in [0, 0.05) is 24.2 Å². The van der Waals surface area contributed by atoms with Gasteiger partial charge in [-0.3, -0.25) is 14.9 Å². The number of rotatable bonds is 7. The van der Waals surface area contributed by atoms with Crippen molar-refractivity contribution in [3.63, 3.8) is 0 Å². The maximum absolute atomic E-state index is 12.2. The first-order chi connectivity index (χ1) is 11.5. The van der Waals surface area contributed by atoms with E-state index in [0.717, 1.165) is 38.5 Å². The normalized spacial score (nSPS) is 19.0. The molecule has 2 saturated carbocycles. The quantitative estimate of drug-likeness (QED) is 0.525. The Morgan fingerprint density at radius 1 is 1.29 bits per heavy atom. The van der Waals surface area contributed by atoms with E-state index in [4.69, 9.17) is 0 Å². The van der Waals surface area contributed by atoms with E-state index < -0.39 is 16.9 Å². The Hall–Kier alpha value is -2.15. The number of carbonyl (C=O) groups is 1. The molecule has 130 valence electrons. The van der Waals surface area contributed by atoms with Gasteiger partial charge in [-0.05, 0) is 43.7 Å². The number of aliphatic hydroxyl groups is 1. The lowest BCUT2D eigenvalue weighted by atomic mass is 10.0. The fourth-order valence-corrected chi connectivity index (χ4v) is 3.20. The zero-order valence-corrected chi connectivity index (χ0v) is 13.5. The van der Waals surface area contributed by atoms with Crippen LogP contribution in [0, 0.1) is 16.0 Å². The first-order valence-electron chi connectivity index (χ1n) is 8.56. The fourth-order valence-electron chi connectivity index (χ4n) is 3.20. The van der Waals surface area contributed by atoms with Gasteiger partial charge in [-0.2, -0.15) is 0 Å². The van der Waals surface area contributed by atoms with Gasteiger partial charge in [0.1, 0.15) is 5.69 Å². The minimum atomic E-state index is -0.553. The summed E-state index contributed by atoms with van der Waals surface area (Å²) in [5.74, 6) is -0.155. The summed E-state index contributed by atoms with van der Waals surface area (Å²) >= 11 is 0. The molecule has 2 aliphatic carbocycles. The summed E-state index contributed by atoms with van der Waals surface area (Å²) in [6.07, 6.45) is 5.70. The predicted molar refractivity (Wildman–Crippen MR) is 90.0 cm³/mol. The van der Waals surface area contributed by atoms with Gasteiger partial charge in [0.05, 0.1) is 11.0 Å². The molecule has 1 aromatic rings. The molecule has 1 unspecified atom stereocenters. The SMILES string of the molecule is O=C(NCC(O)C1CCCC1)c1ccc(NC2CC2)c([N+](=O)[O-])c1. The molecule has 24 heavy (non-hydrogen) atoms. The zero-order valence-electron chi connectivity index (χ0n) is 13.5. The van der Waals surface area contributed by atoms with Gasteiger partial charge in [0.15, 0.2) is 0 Å². The van der Waals surface area contributed by atoms with Gasteiger partial charge >= 0.3 is 0 Å². The minimum Gasteiger partial charge on any atom is -0.391 e. The van der Waals surface area contributed by atoms with Crippen LogP contribution in [-0.2, 0) is 0 Å². The Morgan fingerprint density at radius 2 is 2.00 bits per heavy atom. The van der Waals surface area contributed by atoms with Crippen LogP contribution in [0.2, 0.25) is 0 Å². The van der Waals surface area contributed by atoms with E-state index in [1.165, 1.54) is 6.07 Å². The molecule has 0 aliphatic heterocycles. The van der Waals surface area contributed by atoms with E-state index in [9.17, 15) is 20.0 Å². The summed E-state index contributed by atoms with van der Waals surface area (Å²) in [6.45, 7) is 0.180. The molecule has 1 amide bonds. The maximum atomic E-state index is 12.2. The standard InChI is InChI=1S/C17H23N3O4/c21-16(11-3-1-2-4-11)10-18-17(22)12-5-8-14(19-13-6-7-13)15(9-12)20(23)24/h5,8-9,11,13,16,19,21H,1-4,6-7,10H2,(H,18,22). The molecule has 7 nitrogen and oxygen atoms in total. The van der Waals surface area contributed by atoms with Crippen LogP contribution in [0.4, 0.5) is 11.4 Å². The van der Waals surface area contributed by atoms with Crippen molar-refractivity contribution in [3.05, 3.63) is 33.9 Å². The molecule has 0 saturated heterocycles. The number of amides is 1. The lowest BCUT2D eigenvalue weighted by molar-refractivity contribution is -0.384. The van der Waals surface area contributed by atoms with E-state index in [1.54, 1.807) is 12.1 Å². The second-order valence-corrected chi connectivity index (χ2v) is 6.73. The van der Waals surface area contributed by atoms with Crippen LogP contribution in [0.3, 0.4) is 0 Å². The molecule has 1 atom stereocenters. The second kappa shape index (κ2) is 7.17. The van der Waals surface area contributed by atoms with Crippen molar-refractivity contribution >= 4 is 17.3 Å². The second-order valence-electron chi connectivity index (χ2n) is 6.73. The molecule has 2 aliphatic rings. The Balaban J connectivity index is 1.63. The topological polar surface area (TPSA) is 104 Å². The van der Waals surface area contributed by atoms with Gasteiger partial charge in [0.25, 0.3) is 11.6 Å². The smallest absolute Gasteiger partial charge is 0.293 e. The van der Waals surface area contributed by atoms with E-state index in [1.807, 2.05) is 0 Å². The number of aliphatic hydroxyl groups excluding tert-OH is 1. The Bertz CT molecular complexity index is 624. The van der Waals surface area contributed by atoms with E-state index in [2.05, 4.69) is 10.6 Å². The molecular weight excluding hydrogens is 310 g/mol. The van der Waals surface area contributed by atoms with Crippen molar-refractivity contribution < 1.29 is 14.8 Å². The van der Waals surface area contributed by atoms with Crippen LogP contribution in [-0.4, -0.2) is 34.6 Å². The first kappa shape index (κ1) is 16.7. The highest BCUT2D eigenvalue weighted by molar-refractivity contribution is 5.95. The molecular formula is C17H23N3O4. The molecule has 7 heteroatoms. The number of anilines is 1. The number of hydrogen-bond acceptors (Lipinski definition) is 5. The Morgan fingerprint density at radius 3 is 2.62 bits per heavy atom. The first-order valence-corrected chi connectivity index (χ1v) is 8.56. The highest BCUT2D eigenvalue weighted by Crippen LogP contribution is 2.31. The molecule has 1 aromatic carbocycles.